The van der Waals surface area contributed by atoms with Crippen molar-refractivity contribution in [3.8, 4) is 0 Å². The molecule has 2 N–H and O–H groups in total. The summed E-state index contributed by atoms with van der Waals surface area (Å²) in [6, 6.07) is 23.0. The molecule has 2 aromatic carbocycles. The Kier molecular flexibility index (Phi) is 19.9. The summed E-state index contributed by atoms with van der Waals surface area (Å²) in [5.74, 6) is 0. The van der Waals surface area contributed by atoms with Crippen LogP contribution >= 0.6 is 0 Å². The van der Waals surface area contributed by atoms with Crippen molar-refractivity contribution in [1.29, 1.82) is 0 Å². The number of hydrogen-bond acceptors (Lipinski definition) is 2. The molecular weight excluding hydrogens is 496 g/mol. The van der Waals surface area contributed by atoms with E-state index in [1.165, 1.54) is 140 Å². The van der Waals surface area contributed by atoms with Gasteiger partial charge in [-0.05, 0) is 37.8 Å². The van der Waals surface area contributed by atoms with E-state index in [0.717, 1.165) is 0 Å². The normalized spacial score (nSPS) is 13.4. The van der Waals surface area contributed by atoms with Crippen LogP contribution in [0.5, 0.6) is 0 Å². The highest BCUT2D eigenvalue weighted by Crippen LogP contribution is 2.30. The van der Waals surface area contributed by atoms with Gasteiger partial charge in [0.25, 0.3) is 0 Å². The van der Waals surface area contributed by atoms with Gasteiger partial charge < -0.3 is 0 Å². The second-order valence-electron chi connectivity index (χ2n) is 12.8. The highest BCUT2D eigenvalue weighted by atomic mass is 15.2. The lowest BCUT2D eigenvalue weighted by Gasteiger charge is -2.42. The van der Waals surface area contributed by atoms with Crippen LogP contribution < -0.4 is 10.6 Å². The van der Waals surface area contributed by atoms with Crippen LogP contribution in [0.2, 0.25) is 0 Å². The summed E-state index contributed by atoms with van der Waals surface area (Å²) in [7, 11) is 0. The van der Waals surface area contributed by atoms with Crippen molar-refractivity contribution in [1.82, 2.24) is 10.6 Å². The molecule has 0 aliphatic rings. The molecule has 0 aliphatic heterocycles. The first-order chi connectivity index (χ1) is 20.1. The largest absolute Gasteiger partial charge is 0.289 e. The molecule has 0 radical (unpaired) electrons. The number of nitrogens with one attached hydrogen (secondary N) is 2. The fraction of sp³-hybridized carbons (Fsp3) is 0.692. The van der Waals surface area contributed by atoms with Gasteiger partial charge in [-0.3, -0.25) is 10.6 Å². The fourth-order valence-corrected chi connectivity index (χ4v) is 6.32. The second-order valence-corrected chi connectivity index (χ2v) is 12.8. The van der Waals surface area contributed by atoms with Crippen LogP contribution in [0.1, 0.15) is 167 Å². The van der Waals surface area contributed by atoms with Crippen LogP contribution in [0.15, 0.2) is 60.7 Å². The Hall–Kier alpha value is -1.64. The van der Waals surface area contributed by atoms with Crippen molar-refractivity contribution in [2.24, 2.45) is 0 Å². The Labute approximate surface area is 255 Å². The predicted molar refractivity (Wildman–Crippen MR) is 183 cm³/mol. The molecule has 0 bridgehead atoms. The van der Waals surface area contributed by atoms with Crippen LogP contribution in [0.25, 0.3) is 0 Å². The Morgan fingerprint density at radius 3 is 1.05 bits per heavy atom. The first kappa shape index (κ1) is 35.6. The Bertz CT molecular complexity index is 762. The van der Waals surface area contributed by atoms with Gasteiger partial charge >= 0.3 is 0 Å². The minimum atomic E-state index is -0.389. The molecule has 2 atom stereocenters. The molecule has 0 aliphatic carbocycles. The molecule has 2 heteroatoms. The van der Waals surface area contributed by atoms with Gasteiger partial charge in [0.1, 0.15) is 5.66 Å². The Morgan fingerprint density at radius 2 is 0.732 bits per heavy atom. The van der Waals surface area contributed by atoms with Crippen LogP contribution in [-0.4, -0.2) is 12.1 Å². The van der Waals surface area contributed by atoms with Crippen molar-refractivity contribution < 1.29 is 0 Å². The third-order valence-electron chi connectivity index (χ3n) is 8.82. The highest BCUT2D eigenvalue weighted by molar-refractivity contribution is 5.38. The molecule has 41 heavy (non-hydrogen) atoms. The van der Waals surface area contributed by atoms with E-state index < -0.39 is 0 Å². The van der Waals surface area contributed by atoms with E-state index in [1.54, 1.807) is 0 Å². The van der Waals surface area contributed by atoms with E-state index in [-0.39, 0.29) is 5.66 Å². The molecule has 2 unspecified atom stereocenters. The number of hydrogen-bond donors (Lipinski definition) is 2. The van der Waals surface area contributed by atoms with E-state index in [4.69, 9.17) is 0 Å². The molecule has 2 rings (SSSR count). The minimum Gasteiger partial charge on any atom is -0.289 e. The van der Waals surface area contributed by atoms with Gasteiger partial charge in [0.2, 0.25) is 0 Å². The predicted octanol–water partition coefficient (Wildman–Crippen LogP) is 11.7. The summed E-state index contributed by atoms with van der Waals surface area (Å²) < 4.78 is 0. The van der Waals surface area contributed by atoms with Crippen LogP contribution in [0.4, 0.5) is 0 Å². The van der Waals surface area contributed by atoms with E-state index in [1.807, 2.05) is 0 Å². The van der Waals surface area contributed by atoms with Gasteiger partial charge in [0.05, 0.1) is 0 Å². The standard InChI is InChI=1S/C39H66N2/c1-5-7-9-11-13-15-17-19-23-29-35(3)40-39(37-31-25-21-26-32-37,38-33-27-22-28-34-38)41-36(4)30-24-20-18-16-14-12-10-8-6-2/h21-22,25-28,31-36,40-41H,5-20,23-24,29-30H2,1-4H3. The van der Waals surface area contributed by atoms with Crippen molar-refractivity contribution in [3.05, 3.63) is 71.8 Å². The van der Waals surface area contributed by atoms with Gasteiger partial charge in [0, 0.05) is 12.1 Å². The maximum absolute atomic E-state index is 4.14. The summed E-state index contributed by atoms with van der Waals surface area (Å²) in [5.41, 5.74) is 2.23. The monoisotopic (exact) mass is 563 g/mol. The maximum atomic E-state index is 4.14. The Morgan fingerprint density at radius 1 is 0.439 bits per heavy atom. The van der Waals surface area contributed by atoms with Crippen LogP contribution in [0.3, 0.4) is 0 Å². The second kappa shape index (κ2) is 22.9. The zero-order valence-electron chi connectivity index (χ0n) is 27.6. The number of unbranched alkanes of at least 4 members (excludes halogenated alkanes) is 16. The molecule has 0 heterocycles. The van der Waals surface area contributed by atoms with Crippen molar-refractivity contribution in [3.63, 3.8) is 0 Å². The summed E-state index contributed by atoms with van der Waals surface area (Å²) in [6.45, 7) is 9.37. The lowest BCUT2D eigenvalue weighted by Crippen LogP contribution is -2.60. The van der Waals surface area contributed by atoms with Gasteiger partial charge in [0.15, 0.2) is 0 Å². The first-order valence-corrected chi connectivity index (χ1v) is 17.8. The minimum absolute atomic E-state index is 0.389. The molecule has 0 aromatic heterocycles. The van der Waals surface area contributed by atoms with Crippen molar-refractivity contribution >= 4 is 0 Å². The molecule has 0 saturated heterocycles. The molecule has 232 valence electrons. The van der Waals surface area contributed by atoms with Crippen molar-refractivity contribution in [2.45, 2.75) is 174 Å². The molecule has 0 saturated carbocycles. The molecule has 2 aromatic rings. The van der Waals surface area contributed by atoms with E-state index in [9.17, 15) is 0 Å². The topological polar surface area (TPSA) is 24.1 Å². The van der Waals surface area contributed by atoms with E-state index in [0.29, 0.717) is 12.1 Å². The molecule has 0 fully saturated rings. The number of benzene rings is 2. The fourth-order valence-electron chi connectivity index (χ4n) is 6.32. The first-order valence-electron chi connectivity index (χ1n) is 17.8. The maximum Gasteiger partial charge on any atom is 0.122 e. The summed E-state index contributed by atoms with van der Waals surface area (Å²) in [6.07, 6.45) is 27.3. The molecular formula is C39H66N2. The van der Waals surface area contributed by atoms with Gasteiger partial charge in [-0.2, -0.15) is 0 Å². The average Bonchev–Trinajstić information content (AvgIpc) is 3.00. The highest BCUT2D eigenvalue weighted by Gasteiger charge is 2.36. The number of rotatable bonds is 26. The summed E-state index contributed by atoms with van der Waals surface area (Å²) >= 11 is 0. The zero-order chi connectivity index (χ0) is 29.4. The smallest absolute Gasteiger partial charge is 0.122 e. The molecule has 0 amide bonds. The van der Waals surface area contributed by atoms with Gasteiger partial charge in [-0.15, -0.1) is 0 Å². The Balaban J connectivity index is 1.96. The SMILES string of the molecule is CCCCCCCCCCCC(C)NC(NC(C)CCCCCCCCCCC)(c1ccccc1)c1ccccc1. The van der Waals surface area contributed by atoms with Gasteiger partial charge in [-0.1, -0.05) is 190 Å². The van der Waals surface area contributed by atoms with Gasteiger partial charge in [-0.25, -0.2) is 0 Å². The lowest BCUT2D eigenvalue weighted by molar-refractivity contribution is 0.245. The van der Waals surface area contributed by atoms with E-state index >= 15 is 0 Å². The third kappa shape index (κ3) is 14.9. The molecule has 2 nitrogen and oxygen atoms in total. The van der Waals surface area contributed by atoms with Crippen LogP contribution in [0, 0.1) is 0 Å². The van der Waals surface area contributed by atoms with Crippen LogP contribution in [-0.2, 0) is 5.66 Å². The quantitative estimate of drug-likeness (QED) is 0.0880. The zero-order valence-corrected chi connectivity index (χ0v) is 27.6. The molecule has 0 spiro atoms. The summed E-state index contributed by atoms with van der Waals surface area (Å²) in [4.78, 5) is 0. The van der Waals surface area contributed by atoms with E-state index in [2.05, 4.69) is 99.0 Å². The third-order valence-corrected chi connectivity index (χ3v) is 8.82. The average molecular weight is 563 g/mol. The summed E-state index contributed by atoms with van der Waals surface area (Å²) in [5, 5.41) is 8.29. The van der Waals surface area contributed by atoms with Crippen molar-refractivity contribution in [2.75, 3.05) is 0 Å². The lowest BCUT2D eigenvalue weighted by atomic mass is 9.88.